The maximum atomic E-state index is 13.1. The maximum Gasteiger partial charge on any atom is 0.328 e. The van der Waals surface area contributed by atoms with Crippen molar-refractivity contribution in [1.82, 2.24) is 9.88 Å². The van der Waals surface area contributed by atoms with Gasteiger partial charge in [-0.25, -0.2) is 4.79 Å². The van der Waals surface area contributed by atoms with Gasteiger partial charge in [-0.3, -0.25) is 14.9 Å². The van der Waals surface area contributed by atoms with Gasteiger partial charge in [0.2, 0.25) is 12.5 Å². The van der Waals surface area contributed by atoms with Crippen LogP contribution in [0, 0.1) is 27.9 Å². The zero-order chi connectivity index (χ0) is 20.5. The standard InChI is InChI=1S/C21H23N3O5/c1-11-9-21-15(14(11)10-23(27)28)8-18(25)24(21)17(20(26)29-2)7-13-12-5-3-4-6-16(12)22-19(13)21/h3-6,11,14-15,17,22H,7-10H2,1-2H3/t11-,14+,15-,17-,21?/m0/s1. The molecule has 1 aliphatic carbocycles. The lowest BCUT2D eigenvalue weighted by atomic mass is 9.76. The number of fused-ring (bicyclic) bond motifs is 3. The van der Waals surface area contributed by atoms with Crippen LogP contribution in [0.5, 0.6) is 0 Å². The van der Waals surface area contributed by atoms with Gasteiger partial charge in [0.1, 0.15) is 6.04 Å². The van der Waals surface area contributed by atoms with Gasteiger partial charge in [0.25, 0.3) is 0 Å². The van der Waals surface area contributed by atoms with Crippen LogP contribution in [0.25, 0.3) is 10.9 Å². The number of rotatable bonds is 3. The van der Waals surface area contributed by atoms with Crippen molar-refractivity contribution < 1.29 is 19.2 Å². The van der Waals surface area contributed by atoms with E-state index in [4.69, 9.17) is 4.74 Å². The number of methoxy groups -OCH3 is 1. The summed E-state index contributed by atoms with van der Waals surface area (Å²) in [6.07, 6.45) is 1.22. The predicted molar refractivity (Wildman–Crippen MR) is 104 cm³/mol. The number of benzene rings is 1. The van der Waals surface area contributed by atoms with Gasteiger partial charge in [-0.05, 0) is 24.0 Å². The Bertz CT molecular complexity index is 1050. The lowest BCUT2D eigenvalue weighted by molar-refractivity contribution is -0.491. The largest absolute Gasteiger partial charge is 0.467 e. The smallest absolute Gasteiger partial charge is 0.328 e. The van der Waals surface area contributed by atoms with Crippen LogP contribution >= 0.6 is 0 Å². The summed E-state index contributed by atoms with van der Waals surface area (Å²) in [6, 6.07) is 7.20. The molecule has 1 spiro atoms. The molecule has 2 aromatic rings. The number of amides is 1. The molecule has 3 heterocycles. The fourth-order valence-corrected chi connectivity index (χ4v) is 6.38. The SMILES string of the molecule is COC(=O)[C@@H]1Cc2c([nH]c3ccccc23)C23C[C@H](C)[C@@H](C[N+](=O)[O-])[C@@H]2CC(=O)N13. The molecular formula is C21H23N3O5. The topological polar surface area (TPSA) is 106 Å². The van der Waals surface area contributed by atoms with Gasteiger partial charge in [-0.15, -0.1) is 0 Å². The Morgan fingerprint density at radius 3 is 2.86 bits per heavy atom. The molecule has 1 saturated carbocycles. The first-order valence-electron chi connectivity index (χ1n) is 10.00. The maximum absolute atomic E-state index is 13.1. The molecule has 5 atom stereocenters. The summed E-state index contributed by atoms with van der Waals surface area (Å²) in [5, 5.41) is 12.4. The van der Waals surface area contributed by atoms with Gasteiger partial charge in [0, 0.05) is 46.2 Å². The summed E-state index contributed by atoms with van der Waals surface area (Å²) in [4.78, 5) is 42.2. The fourth-order valence-electron chi connectivity index (χ4n) is 6.38. The van der Waals surface area contributed by atoms with Crippen molar-refractivity contribution in [2.75, 3.05) is 13.7 Å². The van der Waals surface area contributed by atoms with Crippen LogP contribution < -0.4 is 0 Å². The van der Waals surface area contributed by atoms with Crippen molar-refractivity contribution in [2.45, 2.75) is 37.8 Å². The number of esters is 1. The van der Waals surface area contributed by atoms with E-state index in [1.165, 1.54) is 7.11 Å². The molecule has 1 saturated heterocycles. The summed E-state index contributed by atoms with van der Waals surface area (Å²) in [7, 11) is 1.34. The Morgan fingerprint density at radius 1 is 1.38 bits per heavy atom. The van der Waals surface area contributed by atoms with Crippen molar-refractivity contribution in [3.05, 3.63) is 45.6 Å². The second-order valence-electron chi connectivity index (χ2n) is 8.63. The molecule has 8 heteroatoms. The number of hydrogen-bond donors (Lipinski definition) is 1. The molecule has 8 nitrogen and oxygen atoms in total. The number of H-pyrrole nitrogens is 1. The van der Waals surface area contributed by atoms with E-state index in [9.17, 15) is 19.7 Å². The molecule has 29 heavy (non-hydrogen) atoms. The van der Waals surface area contributed by atoms with Crippen molar-refractivity contribution in [3.8, 4) is 0 Å². The lowest BCUT2D eigenvalue weighted by Crippen LogP contribution is -2.58. The van der Waals surface area contributed by atoms with Crippen LogP contribution in [0.15, 0.2) is 24.3 Å². The van der Waals surface area contributed by atoms with Gasteiger partial charge >= 0.3 is 5.97 Å². The third-order valence-corrected chi connectivity index (χ3v) is 7.38. The van der Waals surface area contributed by atoms with Crippen molar-refractivity contribution in [1.29, 1.82) is 0 Å². The number of hydrogen-bond acceptors (Lipinski definition) is 5. The first-order chi connectivity index (χ1) is 13.9. The van der Waals surface area contributed by atoms with Gasteiger partial charge in [-0.1, -0.05) is 25.1 Å². The van der Waals surface area contributed by atoms with Crippen LogP contribution in [0.4, 0.5) is 0 Å². The van der Waals surface area contributed by atoms with Gasteiger partial charge < -0.3 is 14.6 Å². The molecule has 152 valence electrons. The van der Waals surface area contributed by atoms with Crippen LogP contribution in [0.2, 0.25) is 0 Å². The Hall–Kier alpha value is -2.90. The Morgan fingerprint density at radius 2 is 2.14 bits per heavy atom. The van der Waals surface area contributed by atoms with Crippen molar-refractivity contribution >= 4 is 22.8 Å². The number of nitrogens with zero attached hydrogens (tertiary/aromatic N) is 2. The van der Waals surface area contributed by atoms with E-state index in [1.807, 2.05) is 31.2 Å². The van der Waals surface area contributed by atoms with Gasteiger partial charge in [-0.2, -0.15) is 0 Å². The molecule has 0 bridgehead atoms. The summed E-state index contributed by atoms with van der Waals surface area (Å²) in [5.74, 6) is -0.893. The molecule has 0 radical (unpaired) electrons. The number of aromatic amines is 1. The molecular weight excluding hydrogens is 374 g/mol. The highest BCUT2D eigenvalue weighted by atomic mass is 16.6. The van der Waals surface area contributed by atoms with E-state index in [1.54, 1.807) is 4.90 Å². The normalized spacial score (nSPS) is 32.8. The average Bonchev–Trinajstić information content (AvgIpc) is 3.28. The minimum absolute atomic E-state index is 0.0664. The Balaban J connectivity index is 1.76. The summed E-state index contributed by atoms with van der Waals surface area (Å²) in [5.41, 5.74) is 2.22. The minimum atomic E-state index is -0.720. The number of nitro groups is 1. The number of ether oxygens (including phenoxy) is 1. The second-order valence-corrected chi connectivity index (χ2v) is 8.63. The second kappa shape index (κ2) is 6.05. The third kappa shape index (κ3) is 2.25. The van der Waals surface area contributed by atoms with Crippen LogP contribution in [-0.4, -0.2) is 46.4 Å². The highest BCUT2D eigenvalue weighted by molar-refractivity contribution is 5.92. The summed E-state index contributed by atoms with van der Waals surface area (Å²) >= 11 is 0. The quantitative estimate of drug-likeness (QED) is 0.486. The van der Waals surface area contributed by atoms with E-state index in [0.29, 0.717) is 12.8 Å². The third-order valence-electron chi connectivity index (χ3n) is 7.38. The highest BCUT2D eigenvalue weighted by Gasteiger charge is 2.68. The zero-order valence-corrected chi connectivity index (χ0v) is 16.4. The molecule has 1 aromatic heterocycles. The van der Waals surface area contributed by atoms with Gasteiger partial charge in [0.15, 0.2) is 0 Å². The first-order valence-corrected chi connectivity index (χ1v) is 10.00. The summed E-state index contributed by atoms with van der Waals surface area (Å²) < 4.78 is 5.06. The number of aromatic nitrogens is 1. The van der Waals surface area contributed by atoms with E-state index in [2.05, 4.69) is 4.98 Å². The van der Waals surface area contributed by atoms with Crippen LogP contribution in [0.1, 0.15) is 31.0 Å². The highest BCUT2D eigenvalue weighted by Crippen LogP contribution is 2.62. The molecule has 1 N–H and O–H groups in total. The molecule has 1 amide bonds. The Kier molecular flexibility index (Phi) is 3.78. The molecule has 5 rings (SSSR count). The lowest BCUT2D eigenvalue weighted by Gasteiger charge is -2.46. The van der Waals surface area contributed by atoms with Crippen molar-refractivity contribution in [2.24, 2.45) is 17.8 Å². The first kappa shape index (κ1) is 18.1. The number of nitrogens with one attached hydrogen (secondary N) is 1. The average molecular weight is 397 g/mol. The van der Waals surface area contributed by atoms with E-state index in [-0.39, 0.29) is 41.5 Å². The molecule has 1 aromatic carbocycles. The van der Waals surface area contributed by atoms with E-state index >= 15 is 0 Å². The van der Waals surface area contributed by atoms with E-state index in [0.717, 1.165) is 22.2 Å². The van der Waals surface area contributed by atoms with Crippen molar-refractivity contribution in [3.63, 3.8) is 0 Å². The molecule has 1 unspecified atom stereocenters. The molecule has 2 fully saturated rings. The number of carbonyl (C=O) groups excluding carboxylic acids is 2. The zero-order valence-electron chi connectivity index (χ0n) is 16.4. The monoisotopic (exact) mass is 397 g/mol. The predicted octanol–water partition coefficient (Wildman–Crippen LogP) is 2.24. The summed E-state index contributed by atoms with van der Waals surface area (Å²) in [6.45, 7) is 1.86. The number of para-hydroxylation sites is 1. The molecule has 2 aliphatic heterocycles. The minimum Gasteiger partial charge on any atom is -0.467 e. The van der Waals surface area contributed by atoms with Crippen LogP contribution in [-0.2, 0) is 26.3 Å². The van der Waals surface area contributed by atoms with E-state index < -0.39 is 17.6 Å². The molecule has 3 aliphatic rings. The fraction of sp³-hybridized carbons (Fsp3) is 0.524. The Labute approximate surface area is 167 Å². The van der Waals surface area contributed by atoms with Gasteiger partial charge in [0.05, 0.1) is 12.6 Å². The van der Waals surface area contributed by atoms with Crippen LogP contribution in [0.3, 0.4) is 0 Å². The number of carbonyl (C=O) groups is 2.